The van der Waals surface area contributed by atoms with Gasteiger partial charge in [0, 0.05) is 29.9 Å². The standard InChI is InChI=1S/C31H38N6O3S2/c1-41(38,26-7-3-2-4-8-26)35-22-25-13-11-24(12-14-25)21-34-31-36-29-10-6-5-9-28(29)30(37-31)33-20-19-23-15-17-27(18-16-23)42(32,39)40/h2-10,15-18,24-25H,1,11-14,19-22H2,(H,35,38)(H2,32,39,40)(H2,33,34,36,37). The molecule has 0 radical (unpaired) electrons. The monoisotopic (exact) mass is 606 g/mol. The van der Waals surface area contributed by atoms with Gasteiger partial charge < -0.3 is 10.6 Å². The Morgan fingerprint density at radius 1 is 0.762 bits per heavy atom. The van der Waals surface area contributed by atoms with Crippen molar-refractivity contribution in [2.24, 2.45) is 17.0 Å². The summed E-state index contributed by atoms with van der Waals surface area (Å²) in [5.74, 6) is 6.30. The van der Waals surface area contributed by atoms with Gasteiger partial charge in [0.25, 0.3) is 0 Å². The van der Waals surface area contributed by atoms with E-state index in [2.05, 4.69) is 21.2 Å². The van der Waals surface area contributed by atoms with Crippen molar-refractivity contribution >= 4 is 48.3 Å². The van der Waals surface area contributed by atoms with Crippen LogP contribution in [0.2, 0.25) is 0 Å². The van der Waals surface area contributed by atoms with Gasteiger partial charge >= 0.3 is 0 Å². The molecule has 1 fully saturated rings. The Bertz CT molecular complexity index is 1710. The fourth-order valence-corrected chi connectivity index (χ4v) is 7.10. The molecule has 1 unspecified atom stereocenters. The van der Waals surface area contributed by atoms with Gasteiger partial charge in [0.1, 0.15) is 5.82 Å². The summed E-state index contributed by atoms with van der Waals surface area (Å²) in [5.41, 5.74) is 1.86. The first kappa shape index (κ1) is 30.0. The average molecular weight is 607 g/mol. The van der Waals surface area contributed by atoms with Gasteiger partial charge in [-0.25, -0.2) is 27.5 Å². The summed E-state index contributed by atoms with van der Waals surface area (Å²) >= 11 is 0. The second-order valence-electron chi connectivity index (χ2n) is 10.9. The number of nitrogens with zero attached hydrogens (tertiary/aromatic N) is 2. The first-order valence-corrected chi connectivity index (χ1v) is 17.5. The van der Waals surface area contributed by atoms with Crippen molar-refractivity contribution in [3.8, 4) is 0 Å². The van der Waals surface area contributed by atoms with E-state index in [1.165, 1.54) is 12.1 Å². The number of nitrogens with two attached hydrogens (primary N) is 1. The van der Waals surface area contributed by atoms with Crippen molar-refractivity contribution in [1.29, 1.82) is 0 Å². The zero-order valence-electron chi connectivity index (χ0n) is 23.5. The van der Waals surface area contributed by atoms with Gasteiger partial charge in [-0.1, -0.05) is 42.5 Å². The molecule has 1 saturated carbocycles. The molecule has 1 atom stereocenters. The van der Waals surface area contributed by atoms with Crippen LogP contribution >= 0.6 is 0 Å². The maximum atomic E-state index is 13.0. The Morgan fingerprint density at radius 2 is 1.40 bits per heavy atom. The molecule has 0 amide bonds. The molecule has 1 aliphatic carbocycles. The van der Waals surface area contributed by atoms with E-state index in [1.807, 2.05) is 54.6 Å². The number of hydrogen-bond donors (Lipinski definition) is 4. The van der Waals surface area contributed by atoms with Crippen LogP contribution in [0.5, 0.6) is 0 Å². The van der Waals surface area contributed by atoms with E-state index < -0.39 is 19.7 Å². The predicted molar refractivity (Wildman–Crippen MR) is 171 cm³/mol. The maximum absolute atomic E-state index is 13.0. The Labute approximate surface area is 248 Å². The number of rotatable bonds is 12. The molecule has 1 heterocycles. The van der Waals surface area contributed by atoms with E-state index in [1.54, 1.807) is 12.1 Å². The lowest BCUT2D eigenvalue weighted by Gasteiger charge is -2.29. The molecule has 42 heavy (non-hydrogen) atoms. The minimum absolute atomic E-state index is 0.105. The van der Waals surface area contributed by atoms with Gasteiger partial charge in [0.2, 0.25) is 16.0 Å². The quantitative estimate of drug-likeness (QED) is 0.175. The third-order valence-electron chi connectivity index (χ3n) is 7.81. The van der Waals surface area contributed by atoms with Gasteiger partial charge in [-0.2, -0.15) is 4.98 Å². The lowest BCUT2D eigenvalue weighted by Crippen LogP contribution is -2.32. The van der Waals surface area contributed by atoms with Crippen molar-refractivity contribution in [1.82, 2.24) is 14.7 Å². The smallest absolute Gasteiger partial charge is 0.238 e. The Morgan fingerprint density at radius 3 is 2.10 bits per heavy atom. The number of nitrogens with one attached hydrogen (secondary N) is 3. The second kappa shape index (κ2) is 13.2. The fraction of sp³-hybridized carbons (Fsp3) is 0.323. The first-order chi connectivity index (χ1) is 20.2. The summed E-state index contributed by atoms with van der Waals surface area (Å²) < 4.78 is 39.2. The fourth-order valence-electron chi connectivity index (χ4n) is 5.31. The summed E-state index contributed by atoms with van der Waals surface area (Å²) in [4.78, 5) is 10.4. The van der Waals surface area contributed by atoms with Crippen LogP contribution in [0, 0.1) is 11.8 Å². The molecule has 0 spiro atoms. The average Bonchev–Trinajstić information content (AvgIpc) is 3.00. The van der Waals surface area contributed by atoms with Crippen LogP contribution in [-0.4, -0.2) is 48.1 Å². The summed E-state index contributed by atoms with van der Waals surface area (Å²) in [6.07, 6.45) is 5.02. The van der Waals surface area contributed by atoms with Crippen molar-refractivity contribution in [2.45, 2.75) is 41.9 Å². The third kappa shape index (κ3) is 7.86. The van der Waals surface area contributed by atoms with Gasteiger partial charge in [0.15, 0.2) is 0 Å². The molecule has 3 aromatic carbocycles. The molecule has 1 aromatic heterocycles. The molecule has 1 aliphatic rings. The number of primary sulfonamides is 1. The van der Waals surface area contributed by atoms with Crippen molar-refractivity contribution in [3.63, 3.8) is 0 Å². The van der Waals surface area contributed by atoms with Crippen LogP contribution < -0.4 is 20.5 Å². The Kier molecular flexibility index (Phi) is 9.42. The molecule has 9 nitrogen and oxygen atoms in total. The van der Waals surface area contributed by atoms with Crippen LogP contribution in [0.15, 0.2) is 88.7 Å². The molecular weight excluding hydrogens is 569 g/mol. The van der Waals surface area contributed by atoms with Crippen LogP contribution in [0.4, 0.5) is 11.8 Å². The SMILES string of the molecule is C=S(=O)(NCC1CCC(CNc2nc(NCCc3ccc(S(N)(=O)=O)cc3)c3ccccc3n2)CC1)c1ccccc1. The third-order valence-corrected chi connectivity index (χ3v) is 10.4. The number of aromatic nitrogens is 2. The highest BCUT2D eigenvalue weighted by Crippen LogP contribution is 2.29. The topological polar surface area (TPSA) is 139 Å². The lowest BCUT2D eigenvalue weighted by atomic mass is 9.82. The predicted octanol–water partition coefficient (Wildman–Crippen LogP) is 4.43. The zero-order valence-corrected chi connectivity index (χ0v) is 25.2. The van der Waals surface area contributed by atoms with Gasteiger partial charge in [-0.05, 0) is 91.8 Å². The second-order valence-corrected chi connectivity index (χ2v) is 14.6. The Balaban J connectivity index is 1.13. The molecule has 222 valence electrons. The highest BCUT2D eigenvalue weighted by molar-refractivity contribution is 7.98. The van der Waals surface area contributed by atoms with Gasteiger partial charge in [0.05, 0.1) is 20.1 Å². The number of anilines is 2. The molecule has 0 saturated heterocycles. The summed E-state index contributed by atoms with van der Waals surface area (Å²) in [6.45, 7) is 2.12. The first-order valence-electron chi connectivity index (χ1n) is 14.2. The molecule has 11 heteroatoms. The molecule has 4 aromatic rings. The Hall–Kier alpha value is -3.51. The minimum atomic E-state index is -3.70. The minimum Gasteiger partial charge on any atom is -0.369 e. The maximum Gasteiger partial charge on any atom is 0.238 e. The van der Waals surface area contributed by atoms with E-state index in [4.69, 9.17) is 15.1 Å². The van der Waals surface area contributed by atoms with E-state index in [0.717, 1.165) is 59.4 Å². The highest BCUT2D eigenvalue weighted by atomic mass is 32.2. The summed E-state index contributed by atoms with van der Waals surface area (Å²) in [7, 11) is -6.18. The van der Waals surface area contributed by atoms with Crippen molar-refractivity contribution in [2.75, 3.05) is 30.3 Å². The van der Waals surface area contributed by atoms with Crippen LogP contribution in [0.1, 0.15) is 31.2 Å². The lowest BCUT2D eigenvalue weighted by molar-refractivity contribution is 0.285. The van der Waals surface area contributed by atoms with Crippen LogP contribution in [0.25, 0.3) is 10.9 Å². The van der Waals surface area contributed by atoms with Crippen LogP contribution in [-0.2, 0) is 26.2 Å². The highest BCUT2D eigenvalue weighted by Gasteiger charge is 2.22. The number of benzene rings is 3. The summed E-state index contributed by atoms with van der Waals surface area (Å²) in [5, 5.41) is 13.0. The largest absolute Gasteiger partial charge is 0.369 e. The van der Waals surface area contributed by atoms with E-state index in [-0.39, 0.29) is 4.90 Å². The number of fused-ring (bicyclic) bond motifs is 1. The van der Waals surface area contributed by atoms with Gasteiger partial charge in [-0.15, -0.1) is 0 Å². The zero-order chi connectivity index (χ0) is 29.6. The molecule has 0 bridgehead atoms. The van der Waals surface area contributed by atoms with Crippen molar-refractivity contribution in [3.05, 3.63) is 84.4 Å². The number of para-hydroxylation sites is 1. The van der Waals surface area contributed by atoms with Gasteiger partial charge in [-0.3, -0.25) is 0 Å². The summed E-state index contributed by atoms with van der Waals surface area (Å²) in [6, 6.07) is 23.9. The van der Waals surface area contributed by atoms with E-state index in [0.29, 0.717) is 37.3 Å². The van der Waals surface area contributed by atoms with Crippen LogP contribution in [0.3, 0.4) is 0 Å². The number of hydrogen-bond acceptors (Lipinski definition) is 7. The van der Waals surface area contributed by atoms with E-state index >= 15 is 0 Å². The molecule has 0 aliphatic heterocycles. The van der Waals surface area contributed by atoms with Crippen molar-refractivity contribution < 1.29 is 12.6 Å². The molecule has 5 rings (SSSR count). The molecule has 5 N–H and O–H groups in total. The van der Waals surface area contributed by atoms with E-state index in [9.17, 15) is 12.6 Å². The number of sulfonamides is 1. The molecular formula is C31H38N6O3S2. The normalized spacial score (nSPS) is 18.8.